The fourth-order valence-electron chi connectivity index (χ4n) is 4.02. The number of nitrogens with zero attached hydrogens (tertiary/aromatic N) is 1. The summed E-state index contributed by atoms with van der Waals surface area (Å²) in [6, 6.07) is 33.6. The van der Waals surface area contributed by atoms with Gasteiger partial charge in [-0.15, -0.1) is 0 Å². The Morgan fingerprint density at radius 2 is 1.28 bits per heavy atom. The number of hydrogen-bond acceptors (Lipinski definition) is 2. The fraction of sp³-hybridized carbons (Fsp3) is 0. The van der Waals surface area contributed by atoms with Crippen molar-refractivity contribution in [2.75, 3.05) is 0 Å². The Bertz CT molecular complexity index is 1500. The molecule has 0 fully saturated rings. The van der Waals surface area contributed by atoms with E-state index in [-0.39, 0.29) is 0 Å². The molecule has 0 aliphatic rings. The first kappa shape index (κ1) is 16.1. The van der Waals surface area contributed by atoms with E-state index in [2.05, 4.69) is 89.9 Å². The van der Waals surface area contributed by atoms with Crippen molar-refractivity contribution in [3.05, 3.63) is 103 Å². The van der Waals surface area contributed by atoms with E-state index in [1.165, 1.54) is 21.9 Å². The van der Waals surface area contributed by atoms with E-state index in [1.54, 1.807) is 0 Å². The van der Waals surface area contributed by atoms with Gasteiger partial charge in [-0.1, -0.05) is 54.6 Å². The van der Waals surface area contributed by atoms with E-state index in [0.717, 1.165) is 33.2 Å². The number of pyridine rings is 1. The first-order valence-electron chi connectivity index (χ1n) is 9.72. The minimum atomic E-state index is 0.901. The summed E-state index contributed by atoms with van der Waals surface area (Å²) in [6.45, 7) is 0. The average Bonchev–Trinajstić information content (AvgIpc) is 3.15. The molecule has 6 rings (SSSR count). The Labute approximate surface area is 168 Å². The molecule has 2 heteroatoms. The quantitative estimate of drug-likeness (QED) is 0.315. The molecule has 136 valence electrons. The van der Waals surface area contributed by atoms with Gasteiger partial charge in [-0.3, -0.25) is 4.98 Å². The van der Waals surface area contributed by atoms with Crippen LogP contribution in [0.15, 0.2) is 108 Å². The molecule has 0 aliphatic carbocycles. The smallest absolute Gasteiger partial charge is 0.136 e. The Morgan fingerprint density at radius 1 is 0.517 bits per heavy atom. The molecule has 2 nitrogen and oxygen atoms in total. The van der Waals surface area contributed by atoms with Crippen LogP contribution in [-0.4, -0.2) is 4.98 Å². The molecule has 0 aliphatic heterocycles. The van der Waals surface area contributed by atoms with Crippen molar-refractivity contribution in [2.24, 2.45) is 0 Å². The van der Waals surface area contributed by atoms with Gasteiger partial charge >= 0.3 is 0 Å². The van der Waals surface area contributed by atoms with Crippen LogP contribution in [0.4, 0.5) is 0 Å². The van der Waals surface area contributed by atoms with E-state index in [9.17, 15) is 0 Å². The average molecular weight is 371 g/mol. The van der Waals surface area contributed by atoms with E-state index in [4.69, 9.17) is 4.42 Å². The van der Waals surface area contributed by atoms with Crippen molar-refractivity contribution in [3.63, 3.8) is 0 Å². The lowest BCUT2D eigenvalue weighted by atomic mass is 10.0. The minimum absolute atomic E-state index is 0.901. The van der Waals surface area contributed by atoms with E-state index < -0.39 is 0 Å². The predicted molar refractivity (Wildman–Crippen MR) is 120 cm³/mol. The summed E-state index contributed by atoms with van der Waals surface area (Å²) in [6.07, 6.45) is 1.88. The predicted octanol–water partition coefficient (Wildman–Crippen LogP) is 7.47. The van der Waals surface area contributed by atoms with Crippen molar-refractivity contribution in [2.45, 2.75) is 0 Å². The lowest BCUT2D eigenvalue weighted by molar-refractivity contribution is 0.669. The van der Waals surface area contributed by atoms with E-state index >= 15 is 0 Å². The molecular formula is C27H17NO. The molecule has 0 atom stereocenters. The second-order valence-corrected chi connectivity index (χ2v) is 7.30. The molecule has 2 aromatic heterocycles. The Morgan fingerprint density at radius 3 is 2.14 bits per heavy atom. The first-order chi connectivity index (χ1) is 14.3. The number of hydrogen-bond donors (Lipinski definition) is 0. The van der Waals surface area contributed by atoms with Gasteiger partial charge in [0.1, 0.15) is 11.2 Å². The van der Waals surface area contributed by atoms with E-state index in [1.807, 2.05) is 18.3 Å². The van der Waals surface area contributed by atoms with Crippen molar-refractivity contribution in [1.29, 1.82) is 0 Å². The highest BCUT2D eigenvalue weighted by Gasteiger charge is 2.11. The summed E-state index contributed by atoms with van der Waals surface area (Å²) in [5, 5.41) is 4.67. The number of aromatic nitrogens is 1. The zero-order chi connectivity index (χ0) is 19.2. The molecule has 0 bridgehead atoms. The van der Waals surface area contributed by atoms with Gasteiger partial charge in [-0.2, -0.15) is 0 Å². The standard InChI is InChI=1S/C27H17NO/c1-2-6-18(7-3-1)21-12-13-28-25(16-21)22-10-11-26-23(15-22)24-14-19-8-4-5-9-20(19)17-27(24)29-26/h1-17H. The summed E-state index contributed by atoms with van der Waals surface area (Å²) < 4.78 is 6.12. The molecule has 0 saturated carbocycles. The van der Waals surface area contributed by atoms with Gasteiger partial charge in [0.05, 0.1) is 5.69 Å². The Balaban J connectivity index is 1.53. The van der Waals surface area contributed by atoms with Crippen LogP contribution < -0.4 is 0 Å². The maximum atomic E-state index is 6.12. The Hall–Kier alpha value is -3.91. The lowest BCUT2D eigenvalue weighted by Gasteiger charge is -2.05. The van der Waals surface area contributed by atoms with Crippen LogP contribution in [0.5, 0.6) is 0 Å². The molecule has 0 N–H and O–H groups in total. The second kappa shape index (κ2) is 6.32. The molecule has 0 saturated heterocycles. The third-order valence-corrected chi connectivity index (χ3v) is 5.50. The molecular weight excluding hydrogens is 354 g/mol. The van der Waals surface area contributed by atoms with Crippen molar-refractivity contribution >= 4 is 32.7 Å². The van der Waals surface area contributed by atoms with Crippen LogP contribution in [-0.2, 0) is 0 Å². The number of furan rings is 1. The SMILES string of the molecule is c1ccc(-c2ccnc(-c3ccc4oc5cc6ccccc6cc5c4c3)c2)cc1. The lowest BCUT2D eigenvalue weighted by Crippen LogP contribution is -1.85. The zero-order valence-corrected chi connectivity index (χ0v) is 15.7. The van der Waals surface area contributed by atoms with Gasteiger partial charge in [-0.05, 0) is 64.4 Å². The second-order valence-electron chi connectivity index (χ2n) is 7.30. The van der Waals surface area contributed by atoms with Crippen LogP contribution in [0.1, 0.15) is 0 Å². The normalized spacial score (nSPS) is 11.4. The van der Waals surface area contributed by atoms with Crippen molar-refractivity contribution in [3.8, 4) is 22.4 Å². The molecule has 0 spiro atoms. The third-order valence-electron chi connectivity index (χ3n) is 5.50. The van der Waals surface area contributed by atoms with Crippen molar-refractivity contribution in [1.82, 2.24) is 4.98 Å². The van der Waals surface area contributed by atoms with Gasteiger partial charge in [0.15, 0.2) is 0 Å². The first-order valence-corrected chi connectivity index (χ1v) is 9.72. The molecule has 0 unspecified atom stereocenters. The van der Waals surface area contributed by atoms with Gasteiger partial charge < -0.3 is 4.42 Å². The summed E-state index contributed by atoms with van der Waals surface area (Å²) in [7, 11) is 0. The highest BCUT2D eigenvalue weighted by Crippen LogP contribution is 2.35. The van der Waals surface area contributed by atoms with Gasteiger partial charge in [0.25, 0.3) is 0 Å². The molecule has 6 aromatic rings. The number of fused-ring (bicyclic) bond motifs is 4. The van der Waals surface area contributed by atoms with Crippen LogP contribution >= 0.6 is 0 Å². The highest BCUT2D eigenvalue weighted by atomic mass is 16.3. The number of benzene rings is 4. The summed E-state index contributed by atoms with van der Waals surface area (Å²) >= 11 is 0. The highest BCUT2D eigenvalue weighted by molar-refractivity contribution is 6.10. The molecule has 29 heavy (non-hydrogen) atoms. The maximum Gasteiger partial charge on any atom is 0.136 e. The number of rotatable bonds is 2. The minimum Gasteiger partial charge on any atom is -0.456 e. The molecule has 0 amide bonds. The van der Waals surface area contributed by atoms with Crippen LogP contribution in [0, 0.1) is 0 Å². The van der Waals surface area contributed by atoms with Gasteiger partial charge in [0.2, 0.25) is 0 Å². The zero-order valence-electron chi connectivity index (χ0n) is 15.7. The van der Waals surface area contributed by atoms with Gasteiger partial charge in [-0.25, -0.2) is 0 Å². The topological polar surface area (TPSA) is 26.0 Å². The monoisotopic (exact) mass is 371 g/mol. The van der Waals surface area contributed by atoms with Gasteiger partial charge in [0, 0.05) is 22.5 Å². The maximum absolute atomic E-state index is 6.12. The van der Waals surface area contributed by atoms with E-state index in [0.29, 0.717) is 0 Å². The largest absolute Gasteiger partial charge is 0.456 e. The third kappa shape index (κ3) is 2.69. The fourth-order valence-corrected chi connectivity index (χ4v) is 4.02. The van der Waals surface area contributed by atoms with Crippen molar-refractivity contribution < 1.29 is 4.42 Å². The van der Waals surface area contributed by atoms with Crippen LogP contribution in [0.2, 0.25) is 0 Å². The molecule has 0 radical (unpaired) electrons. The molecule has 4 aromatic carbocycles. The summed E-state index contributed by atoms with van der Waals surface area (Å²) in [4.78, 5) is 4.63. The summed E-state index contributed by atoms with van der Waals surface area (Å²) in [5.74, 6) is 0. The Kier molecular flexibility index (Phi) is 3.50. The van der Waals surface area contributed by atoms with Crippen LogP contribution in [0.25, 0.3) is 55.1 Å². The van der Waals surface area contributed by atoms with Crippen LogP contribution in [0.3, 0.4) is 0 Å². The summed E-state index contributed by atoms with van der Waals surface area (Å²) in [5.41, 5.74) is 6.23. The molecule has 2 heterocycles.